The van der Waals surface area contributed by atoms with Crippen LogP contribution in [0.4, 0.5) is 0 Å². The third-order valence-electron chi connectivity index (χ3n) is 7.58. The maximum atomic E-state index is 2.48. The molecule has 0 nitrogen and oxygen atoms in total. The normalized spacial score (nSPS) is 36.1. The van der Waals surface area contributed by atoms with Crippen molar-refractivity contribution in [2.75, 3.05) is 0 Å². The van der Waals surface area contributed by atoms with E-state index in [1.165, 1.54) is 83.5 Å². The Hall–Kier alpha value is 0. The third-order valence-corrected chi connectivity index (χ3v) is 7.58. The lowest BCUT2D eigenvalue weighted by Crippen LogP contribution is -2.15. The van der Waals surface area contributed by atoms with Gasteiger partial charge in [0.05, 0.1) is 0 Å². The molecule has 0 saturated heterocycles. The molecule has 148 valence electrons. The number of hydrogen-bond acceptors (Lipinski definition) is 0. The molecule has 0 radical (unpaired) electrons. The van der Waals surface area contributed by atoms with Crippen LogP contribution in [0.1, 0.15) is 130 Å². The molecular formula is C25H48. The minimum absolute atomic E-state index is 1.01. The summed E-state index contributed by atoms with van der Waals surface area (Å²) in [5.74, 6) is 5.23. The molecule has 3 saturated carbocycles. The zero-order chi connectivity index (χ0) is 17.9. The van der Waals surface area contributed by atoms with E-state index >= 15 is 0 Å². The molecular weight excluding hydrogens is 300 g/mol. The molecule has 0 aromatic rings. The summed E-state index contributed by atoms with van der Waals surface area (Å²) in [6.07, 6.45) is 25.7. The highest BCUT2D eigenvalue weighted by Gasteiger charge is 2.25. The highest BCUT2D eigenvalue weighted by Crippen LogP contribution is 2.38. The van der Waals surface area contributed by atoms with Crippen LogP contribution in [0, 0.1) is 29.6 Å². The van der Waals surface area contributed by atoms with E-state index in [1.54, 1.807) is 25.7 Å². The van der Waals surface area contributed by atoms with E-state index in [-0.39, 0.29) is 0 Å². The molecule has 3 fully saturated rings. The Labute approximate surface area is 159 Å². The van der Waals surface area contributed by atoms with E-state index in [0.717, 1.165) is 29.6 Å². The first-order valence-electron chi connectivity index (χ1n) is 12.1. The second-order valence-electron chi connectivity index (χ2n) is 10.2. The van der Waals surface area contributed by atoms with Crippen LogP contribution in [-0.4, -0.2) is 0 Å². The predicted molar refractivity (Wildman–Crippen MR) is 113 cm³/mol. The molecule has 0 amide bonds. The van der Waals surface area contributed by atoms with Gasteiger partial charge in [0.15, 0.2) is 0 Å². The summed E-state index contributed by atoms with van der Waals surface area (Å²) in [7, 11) is 0. The third kappa shape index (κ3) is 8.96. The minimum atomic E-state index is 1.01. The topological polar surface area (TPSA) is 0 Å². The highest BCUT2D eigenvalue weighted by atomic mass is 14.3. The quantitative estimate of drug-likeness (QED) is 0.415. The monoisotopic (exact) mass is 348 g/mol. The van der Waals surface area contributed by atoms with E-state index < -0.39 is 0 Å². The molecule has 0 aliphatic heterocycles. The Morgan fingerprint density at radius 2 is 0.760 bits per heavy atom. The lowest BCUT2D eigenvalue weighted by atomic mass is 9.79. The summed E-state index contributed by atoms with van der Waals surface area (Å²) in [5, 5.41) is 0. The second kappa shape index (κ2) is 12.4. The summed E-state index contributed by atoms with van der Waals surface area (Å²) in [6.45, 7) is 7.28. The molecule has 0 heterocycles. The summed E-state index contributed by atoms with van der Waals surface area (Å²) >= 11 is 0. The molecule has 3 rings (SSSR count). The smallest absolute Gasteiger partial charge is 0.0383 e. The fourth-order valence-electron chi connectivity index (χ4n) is 5.78. The largest absolute Gasteiger partial charge is 0.0625 e. The van der Waals surface area contributed by atoms with Crippen LogP contribution in [0.3, 0.4) is 0 Å². The van der Waals surface area contributed by atoms with Crippen LogP contribution < -0.4 is 0 Å². The molecule has 2 atom stereocenters. The molecule has 2 unspecified atom stereocenters. The van der Waals surface area contributed by atoms with E-state index in [4.69, 9.17) is 0 Å². The maximum Gasteiger partial charge on any atom is -0.0383 e. The standard InChI is InChI=1S/C15H28.C10H20/c1-13-8-6-7-11-15(12-13)14-9-4-2-3-5-10-14;1-9-5-3-7-10(2)8-4-6-9/h13-15H,2-12H2,1H3;9-10H,3-8H2,1-2H3. The Bertz CT molecular complexity index is 292. The summed E-state index contributed by atoms with van der Waals surface area (Å²) < 4.78 is 0. The lowest BCUT2D eigenvalue weighted by Gasteiger charge is -2.26. The van der Waals surface area contributed by atoms with Gasteiger partial charge in [-0.25, -0.2) is 0 Å². The fourth-order valence-corrected chi connectivity index (χ4v) is 5.78. The Morgan fingerprint density at radius 3 is 1.32 bits per heavy atom. The Kier molecular flexibility index (Phi) is 10.6. The Balaban J connectivity index is 0.000000196. The average Bonchev–Trinajstić information content (AvgIpc) is 2.96. The van der Waals surface area contributed by atoms with Crippen molar-refractivity contribution in [2.45, 2.75) is 130 Å². The second-order valence-corrected chi connectivity index (χ2v) is 10.2. The van der Waals surface area contributed by atoms with Crippen LogP contribution in [0.5, 0.6) is 0 Å². The molecule has 3 aliphatic carbocycles. The fraction of sp³-hybridized carbons (Fsp3) is 1.00. The molecule has 0 aromatic carbocycles. The number of rotatable bonds is 1. The van der Waals surface area contributed by atoms with Gasteiger partial charge in [-0.15, -0.1) is 0 Å². The first-order valence-corrected chi connectivity index (χ1v) is 12.1. The van der Waals surface area contributed by atoms with Crippen molar-refractivity contribution in [2.24, 2.45) is 29.6 Å². The van der Waals surface area contributed by atoms with E-state index in [0.29, 0.717) is 0 Å². The summed E-state index contributed by atoms with van der Waals surface area (Å²) in [5.41, 5.74) is 0. The molecule has 25 heavy (non-hydrogen) atoms. The van der Waals surface area contributed by atoms with Gasteiger partial charge < -0.3 is 0 Å². The summed E-state index contributed by atoms with van der Waals surface area (Å²) in [4.78, 5) is 0. The van der Waals surface area contributed by atoms with Crippen molar-refractivity contribution in [1.29, 1.82) is 0 Å². The van der Waals surface area contributed by atoms with Gasteiger partial charge in [0.1, 0.15) is 0 Å². The van der Waals surface area contributed by atoms with Crippen LogP contribution >= 0.6 is 0 Å². The van der Waals surface area contributed by atoms with Gasteiger partial charge in [0, 0.05) is 0 Å². The van der Waals surface area contributed by atoms with E-state index in [1.807, 2.05) is 0 Å². The molecule has 0 N–H and O–H groups in total. The van der Waals surface area contributed by atoms with Crippen molar-refractivity contribution >= 4 is 0 Å². The van der Waals surface area contributed by atoms with Gasteiger partial charge in [-0.1, -0.05) is 124 Å². The van der Waals surface area contributed by atoms with Crippen molar-refractivity contribution in [1.82, 2.24) is 0 Å². The SMILES string of the molecule is CC1CCCC(C)CCC1.CC1CCCCC(C2CCCCCC2)C1. The van der Waals surface area contributed by atoms with Crippen molar-refractivity contribution in [3.63, 3.8) is 0 Å². The van der Waals surface area contributed by atoms with Gasteiger partial charge >= 0.3 is 0 Å². The van der Waals surface area contributed by atoms with Crippen LogP contribution in [0.25, 0.3) is 0 Å². The summed E-state index contributed by atoms with van der Waals surface area (Å²) in [6, 6.07) is 0. The predicted octanol–water partition coefficient (Wildman–Crippen LogP) is 8.79. The van der Waals surface area contributed by atoms with E-state index in [9.17, 15) is 0 Å². The van der Waals surface area contributed by atoms with Crippen molar-refractivity contribution < 1.29 is 0 Å². The van der Waals surface area contributed by atoms with Crippen molar-refractivity contribution in [3.05, 3.63) is 0 Å². The maximum absolute atomic E-state index is 2.48. The van der Waals surface area contributed by atoms with Crippen LogP contribution in [0.15, 0.2) is 0 Å². The van der Waals surface area contributed by atoms with Gasteiger partial charge in [0.25, 0.3) is 0 Å². The molecule has 0 spiro atoms. The van der Waals surface area contributed by atoms with Gasteiger partial charge in [-0.2, -0.15) is 0 Å². The zero-order valence-corrected chi connectivity index (χ0v) is 17.9. The van der Waals surface area contributed by atoms with Gasteiger partial charge in [0.2, 0.25) is 0 Å². The average molecular weight is 349 g/mol. The Morgan fingerprint density at radius 1 is 0.360 bits per heavy atom. The van der Waals surface area contributed by atoms with Gasteiger partial charge in [-0.05, 0) is 36.0 Å². The molecule has 0 aromatic heterocycles. The molecule has 0 heteroatoms. The number of hydrogen-bond donors (Lipinski definition) is 0. The van der Waals surface area contributed by atoms with Crippen LogP contribution in [0.2, 0.25) is 0 Å². The van der Waals surface area contributed by atoms with E-state index in [2.05, 4.69) is 20.8 Å². The van der Waals surface area contributed by atoms with Gasteiger partial charge in [-0.3, -0.25) is 0 Å². The zero-order valence-electron chi connectivity index (χ0n) is 17.9. The first-order chi connectivity index (χ1) is 12.1. The van der Waals surface area contributed by atoms with Crippen molar-refractivity contribution in [3.8, 4) is 0 Å². The molecule has 0 bridgehead atoms. The van der Waals surface area contributed by atoms with Crippen LogP contribution in [-0.2, 0) is 0 Å². The first kappa shape index (κ1) is 21.3. The minimum Gasteiger partial charge on any atom is -0.0625 e. The molecule has 3 aliphatic rings. The lowest BCUT2D eigenvalue weighted by molar-refractivity contribution is 0.248. The highest BCUT2D eigenvalue weighted by molar-refractivity contribution is 4.77.